The SMILES string of the molecule is CCNc1nc(SCc2nc[nH]c2C)[nH]c(=O)c1CCc1ccccc1.Cl.Cl. The van der Waals surface area contributed by atoms with Gasteiger partial charge >= 0.3 is 0 Å². The van der Waals surface area contributed by atoms with Gasteiger partial charge < -0.3 is 15.3 Å². The molecule has 0 aliphatic heterocycles. The molecule has 2 aromatic heterocycles. The zero-order chi connectivity index (χ0) is 18.4. The van der Waals surface area contributed by atoms with Crippen molar-refractivity contribution in [1.82, 2.24) is 19.9 Å². The molecule has 28 heavy (non-hydrogen) atoms. The summed E-state index contributed by atoms with van der Waals surface area (Å²) in [5.74, 6) is 1.33. The molecule has 6 nitrogen and oxygen atoms in total. The molecule has 0 aliphatic carbocycles. The number of halogens is 2. The van der Waals surface area contributed by atoms with Gasteiger partial charge in [-0.15, -0.1) is 24.8 Å². The van der Waals surface area contributed by atoms with E-state index in [4.69, 9.17) is 0 Å². The summed E-state index contributed by atoms with van der Waals surface area (Å²) < 4.78 is 0. The third kappa shape index (κ3) is 6.29. The van der Waals surface area contributed by atoms with Gasteiger partial charge in [-0.3, -0.25) is 4.79 Å². The second-order valence-electron chi connectivity index (χ2n) is 5.98. The minimum absolute atomic E-state index is 0. The van der Waals surface area contributed by atoms with Crippen molar-refractivity contribution in [2.24, 2.45) is 0 Å². The standard InChI is InChI=1S/C19H23N5OS.2ClH/c1-3-20-17-15(10-9-14-7-5-4-6-8-14)18(25)24-19(23-17)26-11-16-13(2)21-12-22-16;;/h4-8,12H,3,9-11H2,1-2H3,(H,21,22)(H2,20,23,24,25);2*1H. The zero-order valence-corrected chi connectivity index (χ0v) is 18.3. The maximum absolute atomic E-state index is 12.6. The Bertz CT molecular complexity index is 914. The molecule has 0 bridgehead atoms. The molecule has 0 amide bonds. The predicted octanol–water partition coefficient (Wildman–Crippen LogP) is 4.15. The number of aryl methyl sites for hydroxylation is 2. The summed E-state index contributed by atoms with van der Waals surface area (Å²) in [6.45, 7) is 4.71. The monoisotopic (exact) mass is 441 g/mol. The van der Waals surface area contributed by atoms with Crippen LogP contribution in [-0.4, -0.2) is 26.5 Å². The molecule has 0 fully saturated rings. The van der Waals surface area contributed by atoms with Gasteiger partial charge in [-0.1, -0.05) is 42.1 Å². The van der Waals surface area contributed by atoms with E-state index in [9.17, 15) is 4.79 Å². The van der Waals surface area contributed by atoms with Crippen LogP contribution in [0.2, 0.25) is 0 Å². The summed E-state index contributed by atoms with van der Waals surface area (Å²) in [5, 5.41) is 3.84. The Morgan fingerprint density at radius 2 is 1.89 bits per heavy atom. The van der Waals surface area contributed by atoms with E-state index in [2.05, 4.69) is 37.4 Å². The Labute approximate surface area is 181 Å². The molecule has 152 valence electrons. The van der Waals surface area contributed by atoms with Crippen molar-refractivity contribution in [3.63, 3.8) is 0 Å². The van der Waals surface area contributed by atoms with E-state index in [0.29, 0.717) is 28.7 Å². The molecule has 0 saturated heterocycles. The molecule has 3 N–H and O–H groups in total. The van der Waals surface area contributed by atoms with Gasteiger partial charge in [0.15, 0.2) is 5.16 Å². The molecule has 0 atom stereocenters. The number of imidazole rings is 1. The van der Waals surface area contributed by atoms with E-state index in [-0.39, 0.29) is 30.4 Å². The molecule has 0 saturated carbocycles. The van der Waals surface area contributed by atoms with Crippen LogP contribution in [0.1, 0.15) is 29.4 Å². The van der Waals surface area contributed by atoms with Crippen LogP contribution in [0, 0.1) is 6.92 Å². The van der Waals surface area contributed by atoms with Crippen molar-refractivity contribution in [3.05, 3.63) is 69.5 Å². The fourth-order valence-corrected chi connectivity index (χ4v) is 3.56. The highest BCUT2D eigenvalue weighted by Crippen LogP contribution is 2.21. The Hall–Kier alpha value is -1.96. The van der Waals surface area contributed by atoms with Gasteiger partial charge in [-0.25, -0.2) is 9.97 Å². The number of nitrogens with one attached hydrogen (secondary N) is 3. The Morgan fingerprint density at radius 3 is 2.54 bits per heavy atom. The van der Waals surface area contributed by atoms with Crippen LogP contribution in [0.4, 0.5) is 5.82 Å². The lowest BCUT2D eigenvalue weighted by molar-refractivity contribution is 0.857. The molecule has 0 radical (unpaired) electrons. The van der Waals surface area contributed by atoms with Crippen molar-refractivity contribution in [2.75, 3.05) is 11.9 Å². The topological polar surface area (TPSA) is 86.5 Å². The Morgan fingerprint density at radius 1 is 1.14 bits per heavy atom. The summed E-state index contributed by atoms with van der Waals surface area (Å²) in [7, 11) is 0. The van der Waals surface area contributed by atoms with Gasteiger partial charge in [0, 0.05) is 18.0 Å². The van der Waals surface area contributed by atoms with Gasteiger partial charge in [-0.05, 0) is 32.3 Å². The molecule has 0 aliphatic rings. The van der Waals surface area contributed by atoms with Crippen LogP contribution in [-0.2, 0) is 18.6 Å². The van der Waals surface area contributed by atoms with Crippen LogP contribution >= 0.6 is 36.6 Å². The molecule has 3 rings (SSSR count). The quantitative estimate of drug-likeness (QED) is 0.360. The number of hydrogen-bond donors (Lipinski definition) is 3. The summed E-state index contributed by atoms with van der Waals surface area (Å²) in [5.41, 5.74) is 3.84. The molecule has 2 heterocycles. The van der Waals surface area contributed by atoms with Crippen LogP contribution in [0.5, 0.6) is 0 Å². The second-order valence-corrected chi connectivity index (χ2v) is 6.94. The van der Waals surface area contributed by atoms with E-state index in [1.54, 1.807) is 6.33 Å². The fourth-order valence-electron chi connectivity index (χ4n) is 2.67. The van der Waals surface area contributed by atoms with Crippen LogP contribution in [0.3, 0.4) is 0 Å². The van der Waals surface area contributed by atoms with Gasteiger partial charge in [0.05, 0.1) is 17.6 Å². The summed E-state index contributed by atoms with van der Waals surface area (Å²) in [6.07, 6.45) is 3.14. The number of aromatic nitrogens is 4. The largest absolute Gasteiger partial charge is 0.370 e. The summed E-state index contributed by atoms with van der Waals surface area (Å²) in [4.78, 5) is 27.5. The molecule has 9 heteroatoms. The first-order chi connectivity index (χ1) is 12.7. The molecule has 3 aromatic rings. The first-order valence-electron chi connectivity index (χ1n) is 8.70. The van der Waals surface area contributed by atoms with E-state index in [0.717, 1.165) is 24.4 Å². The lowest BCUT2D eigenvalue weighted by Crippen LogP contribution is -2.19. The maximum atomic E-state index is 12.6. The lowest BCUT2D eigenvalue weighted by Gasteiger charge is -2.11. The average Bonchev–Trinajstić information content (AvgIpc) is 3.05. The van der Waals surface area contributed by atoms with Gasteiger partial charge in [0.25, 0.3) is 5.56 Å². The van der Waals surface area contributed by atoms with Crippen molar-refractivity contribution < 1.29 is 0 Å². The number of thioether (sulfide) groups is 1. The first kappa shape index (κ1) is 24.1. The number of rotatable bonds is 8. The van der Waals surface area contributed by atoms with Crippen LogP contribution < -0.4 is 10.9 Å². The lowest BCUT2D eigenvalue weighted by atomic mass is 10.1. The van der Waals surface area contributed by atoms with E-state index >= 15 is 0 Å². The molecule has 0 spiro atoms. The number of H-pyrrole nitrogens is 2. The summed E-state index contributed by atoms with van der Waals surface area (Å²) in [6, 6.07) is 10.2. The van der Waals surface area contributed by atoms with Crippen molar-refractivity contribution in [1.29, 1.82) is 0 Å². The van der Waals surface area contributed by atoms with E-state index in [1.165, 1.54) is 17.3 Å². The third-order valence-corrected chi connectivity index (χ3v) is 5.01. The minimum atomic E-state index is -0.0758. The number of nitrogens with zero attached hydrogens (tertiary/aromatic N) is 2. The van der Waals surface area contributed by atoms with Gasteiger partial charge in [0.1, 0.15) is 5.82 Å². The van der Waals surface area contributed by atoms with Crippen molar-refractivity contribution in [2.45, 2.75) is 37.6 Å². The van der Waals surface area contributed by atoms with Crippen LogP contribution in [0.15, 0.2) is 46.6 Å². The summed E-state index contributed by atoms with van der Waals surface area (Å²) >= 11 is 1.48. The van der Waals surface area contributed by atoms with E-state index in [1.807, 2.05) is 32.0 Å². The van der Waals surface area contributed by atoms with Crippen LogP contribution in [0.25, 0.3) is 0 Å². The number of hydrogen-bond acceptors (Lipinski definition) is 5. The third-order valence-electron chi connectivity index (χ3n) is 4.12. The first-order valence-corrected chi connectivity index (χ1v) is 9.68. The Balaban J connectivity index is 0.00000196. The Kier molecular flexibility index (Phi) is 10.1. The van der Waals surface area contributed by atoms with Crippen molar-refractivity contribution in [3.8, 4) is 0 Å². The molecular formula is C19H25Cl2N5OS. The highest BCUT2D eigenvalue weighted by molar-refractivity contribution is 7.98. The molecule has 1 aromatic carbocycles. The normalized spacial score (nSPS) is 10.1. The van der Waals surface area contributed by atoms with Gasteiger partial charge in [0.2, 0.25) is 0 Å². The van der Waals surface area contributed by atoms with Gasteiger partial charge in [-0.2, -0.15) is 0 Å². The maximum Gasteiger partial charge on any atom is 0.256 e. The molecule has 0 unspecified atom stereocenters. The second kappa shape index (κ2) is 11.8. The number of aromatic amines is 2. The minimum Gasteiger partial charge on any atom is -0.370 e. The van der Waals surface area contributed by atoms with E-state index < -0.39 is 0 Å². The smallest absolute Gasteiger partial charge is 0.256 e. The fraction of sp³-hybridized carbons (Fsp3) is 0.316. The highest BCUT2D eigenvalue weighted by Gasteiger charge is 2.12. The highest BCUT2D eigenvalue weighted by atomic mass is 35.5. The number of anilines is 1. The predicted molar refractivity (Wildman–Crippen MR) is 120 cm³/mol. The zero-order valence-electron chi connectivity index (χ0n) is 15.8. The number of benzene rings is 1. The van der Waals surface area contributed by atoms with Crippen molar-refractivity contribution >= 4 is 42.4 Å². The average molecular weight is 442 g/mol. The molecular weight excluding hydrogens is 417 g/mol.